The summed E-state index contributed by atoms with van der Waals surface area (Å²) in [4.78, 5) is 52.7. The minimum atomic E-state index is -2.66. The number of anilines is 1. The standard InChI is InChI=1S/C24H27N3O9/c1-27(2)13-8-12(23(35)26-3-4-28)18(30)16-11(13)6-9-5-10-7-14(29)17(22(25)34)21(33)24(10,36)20(32)15(9)19(16)31/h8-10,28-30,32,36H,3-7H2,1-2H3,(H2,25,34)(H,26,35)/t9-,10+,24+/m1/s1. The fraction of sp³-hybridized carbons (Fsp3) is 0.417. The van der Waals surface area contributed by atoms with Crippen LogP contribution in [0.2, 0.25) is 0 Å². The molecule has 3 aliphatic carbocycles. The van der Waals surface area contributed by atoms with Crippen molar-refractivity contribution in [3.63, 3.8) is 0 Å². The van der Waals surface area contributed by atoms with Crippen molar-refractivity contribution in [3.8, 4) is 5.75 Å². The van der Waals surface area contributed by atoms with Crippen LogP contribution in [0.1, 0.15) is 39.1 Å². The van der Waals surface area contributed by atoms with Crippen LogP contribution in [0.4, 0.5) is 5.69 Å². The summed E-state index contributed by atoms with van der Waals surface area (Å²) >= 11 is 0. The molecule has 3 atom stereocenters. The van der Waals surface area contributed by atoms with Crippen molar-refractivity contribution in [3.05, 3.63) is 45.4 Å². The molecule has 192 valence electrons. The predicted molar refractivity (Wildman–Crippen MR) is 125 cm³/mol. The fourth-order valence-electron chi connectivity index (χ4n) is 5.50. The molecule has 0 aliphatic heterocycles. The normalized spacial score (nSPS) is 25.2. The Morgan fingerprint density at radius 1 is 1.19 bits per heavy atom. The van der Waals surface area contributed by atoms with Gasteiger partial charge in [0.05, 0.1) is 17.7 Å². The van der Waals surface area contributed by atoms with E-state index in [0.29, 0.717) is 11.3 Å². The van der Waals surface area contributed by atoms with E-state index in [1.165, 1.54) is 6.07 Å². The molecule has 0 heterocycles. The van der Waals surface area contributed by atoms with E-state index in [1.54, 1.807) is 19.0 Å². The summed E-state index contributed by atoms with van der Waals surface area (Å²) in [5.41, 5.74) is 1.76. The first-order valence-corrected chi connectivity index (χ1v) is 11.3. The van der Waals surface area contributed by atoms with E-state index in [2.05, 4.69) is 5.32 Å². The fourth-order valence-corrected chi connectivity index (χ4v) is 5.50. The van der Waals surface area contributed by atoms with E-state index in [9.17, 15) is 39.6 Å². The summed E-state index contributed by atoms with van der Waals surface area (Å²) in [5, 5.41) is 55.0. The van der Waals surface area contributed by atoms with Crippen LogP contribution >= 0.6 is 0 Å². The number of nitrogens with zero attached hydrogens (tertiary/aromatic N) is 1. The van der Waals surface area contributed by atoms with E-state index in [1.807, 2.05) is 0 Å². The van der Waals surface area contributed by atoms with Gasteiger partial charge < -0.3 is 41.5 Å². The van der Waals surface area contributed by atoms with Crippen molar-refractivity contribution in [2.45, 2.75) is 24.9 Å². The van der Waals surface area contributed by atoms with Crippen molar-refractivity contribution in [1.82, 2.24) is 5.32 Å². The smallest absolute Gasteiger partial charge is 0.255 e. The number of phenolic OH excluding ortho intramolecular Hbond substituents is 1. The quantitative estimate of drug-likeness (QED) is 0.254. The van der Waals surface area contributed by atoms with Gasteiger partial charge in [0.15, 0.2) is 11.4 Å². The number of hydrogen-bond donors (Lipinski definition) is 7. The second kappa shape index (κ2) is 8.64. The molecule has 0 radical (unpaired) electrons. The summed E-state index contributed by atoms with van der Waals surface area (Å²) in [5.74, 6) is -8.11. The monoisotopic (exact) mass is 501 g/mol. The number of phenols is 1. The Balaban J connectivity index is 1.91. The van der Waals surface area contributed by atoms with Crippen molar-refractivity contribution in [2.24, 2.45) is 17.6 Å². The van der Waals surface area contributed by atoms with Gasteiger partial charge in [-0.25, -0.2) is 0 Å². The van der Waals surface area contributed by atoms with E-state index in [-0.39, 0.29) is 49.1 Å². The van der Waals surface area contributed by atoms with Gasteiger partial charge in [-0.1, -0.05) is 0 Å². The molecule has 2 amide bonds. The third kappa shape index (κ3) is 3.44. The molecular formula is C24H27N3O9. The molecule has 12 heteroatoms. The molecule has 0 fully saturated rings. The second-order valence-electron chi connectivity index (χ2n) is 9.43. The second-order valence-corrected chi connectivity index (χ2v) is 9.43. The number of Topliss-reactive ketones (excluding diaryl/α,β-unsaturated/α-hetero) is 2. The number of hydrogen-bond acceptors (Lipinski definition) is 10. The predicted octanol–water partition coefficient (Wildman–Crippen LogP) is -0.631. The first kappa shape index (κ1) is 25.2. The molecule has 4 rings (SSSR count). The zero-order valence-corrected chi connectivity index (χ0v) is 19.7. The molecule has 0 saturated heterocycles. The summed E-state index contributed by atoms with van der Waals surface area (Å²) in [7, 11) is 3.37. The number of carbonyl (C=O) groups is 4. The number of nitrogens with one attached hydrogen (secondary N) is 1. The molecule has 12 nitrogen and oxygen atoms in total. The molecule has 0 saturated carbocycles. The number of allylic oxidation sites excluding steroid dienone is 2. The molecule has 8 N–H and O–H groups in total. The van der Waals surface area contributed by atoms with Crippen LogP contribution in [0, 0.1) is 11.8 Å². The summed E-state index contributed by atoms with van der Waals surface area (Å²) in [6.45, 7) is -0.432. The highest BCUT2D eigenvalue weighted by molar-refractivity contribution is 6.24. The van der Waals surface area contributed by atoms with E-state index in [4.69, 9.17) is 10.8 Å². The van der Waals surface area contributed by atoms with Gasteiger partial charge in [0, 0.05) is 44.2 Å². The Kier molecular flexibility index (Phi) is 6.05. The number of rotatable bonds is 5. The summed E-state index contributed by atoms with van der Waals surface area (Å²) in [6.07, 6.45) is -0.186. The van der Waals surface area contributed by atoms with Gasteiger partial charge in [0.1, 0.15) is 22.8 Å². The molecular weight excluding hydrogens is 474 g/mol. The van der Waals surface area contributed by atoms with Crippen molar-refractivity contribution >= 4 is 29.1 Å². The molecule has 3 aliphatic rings. The average molecular weight is 501 g/mol. The van der Waals surface area contributed by atoms with Gasteiger partial charge in [0.25, 0.3) is 11.8 Å². The first-order valence-electron chi connectivity index (χ1n) is 11.3. The number of amides is 2. The minimum Gasteiger partial charge on any atom is -0.511 e. The van der Waals surface area contributed by atoms with Crippen LogP contribution < -0.4 is 16.0 Å². The van der Waals surface area contributed by atoms with E-state index < -0.39 is 63.7 Å². The molecule has 36 heavy (non-hydrogen) atoms. The number of benzene rings is 1. The SMILES string of the molecule is CN(C)c1cc(C(=O)NCCO)c(O)c2c1C[C@H]1C[C@H]3CC(O)=C(C(N)=O)C(=O)[C@@]3(O)C(O)=C1C2=O. The van der Waals surface area contributed by atoms with Gasteiger partial charge in [-0.15, -0.1) is 0 Å². The molecule has 1 aromatic rings. The molecule has 0 spiro atoms. The summed E-state index contributed by atoms with van der Waals surface area (Å²) < 4.78 is 0. The van der Waals surface area contributed by atoms with Crippen molar-refractivity contribution in [2.75, 3.05) is 32.1 Å². The number of aromatic hydroxyl groups is 1. The average Bonchev–Trinajstić information content (AvgIpc) is 2.79. The Labute approximate surface area is 205 Å². The van der Waals surface area contributed by atoms with Gasteiger partial charge in [-0.2, -0.15) is 0 Å². The summed E-state index contributed by atoms with van der Waals surface area (Å²) in [6, 6.07) is 1.42. The van der Waals surface area contributed by atoms with Crippen LogP contribution in [0.15, 0.2) is 28.7 Å². The van der Waals surface area contributed by atoms with Crippen LogP contribution in [-0.4, -0.2) is 81.8 Å². The maximum atomic E-state index is 13.7. The van der Waals surface area contributed by atoms with Gasteiger partial charge in [-0.3, -0.25) is 19.2 Å². The minimum absolute atomic E-state index is 0.00921. The third-order valence-corrected chi connectivity index (χ3v) is 7.16. The number of carbonyl (C=O) groups excluding carboxylic acids is 4. The number of nitrogens with two attached hydrogens (primary N) is 1. The lowest BCUT2D eigenvalue weighted by molar-refractivity contribution is -0.144. The highest BCUT2D eigenvalue weighted by Gasteiger charge is 2.59. The number of primary amides is 1. The zero-order valence-electron chi connectivity index (χ0n) is 19.7. The molecule has 0 aromatic heterocycles. The van der Waals surface area contributed by atoms with E-state index in [0.717, 1.165) is 0 Å². The molecule has 1 aromatic carbocycles. The Bertz CT molecular complexity index is 1280. The van der Waals surface area contributed by atoms with Gasteiger partial charge >= 0.3 is 0 Å². The van der Waals surface area contributed by atoms with E-state index >= 15 is 0 Å². The molecule has 0 bridgehead atoms. The highest BCUT2D eigenvalue weighted by Crippen LogP contribution is 2.52. The number of ketones is 2. The number of fused-ring (bicyclic) bond motifs is 3. The topological polar surface area (TPSA) is 211 Å². The lowest BCUT2D eigenvalue weighted by Gasteiger charge is -2.45. The number of aliphatic hydroxyl groups excluding tert-OH is 3. The lowest BCUT2D eigenvalue weighted by atomic mass is 9.60. The Morgan fingerprint density at radius 2 is 1.86 bits per heavy atom. The van der Waals surface area contributed by atoms with Crippen LogP contribution in [0.5, 0.6) is 5.75 Å². The first-order chi connectivity index (χ1) is 16.9. The Morgan fingerprint density at radius 3 is 2.44 bits per heavy atom. The maximum absolute atomic E-state index is 13.7. The van der Waals surface area contributed by atoms with Gasteiger partial charge in [0.2, 0.25) is 5.78 Å². The lowest BCUT2D eigenvalue weighted by Crippen LogP contribution is -2.57. The van der Waals surface area contributed by atoms with Crippen molar-refractivity contribution in [1.29, 1.82) is 0 Å². The number of aliphatic hydroxyl groups is 4. The van der Waals surface area contributed by atoms with Crippen LogP contribution in [-0.2, 0) is 16.0 Å². The highest BCUT2D eigenvalue weighted by atomic mass is 16.3. The largest absolute Gasteiger partial charge is 0.511 e. The third-order valence-electron chi connectivity index (χ3n) is 7.16. The maximum Gasteiger partial charge on any atom is 0.255 e. The molecule has 0 unspecified atom stereocenters. The zero-order chi connectivity index (χ0) is 26.7. The van der Waals surface area contributed by atoms with Crippen LogP contribution in [0.3, 0.4) is 0 Å². The van der Waals surface area contributed by atoms with Gasteiger partial charge in [-0.05, 0) is 30.4 Å². The van der Waals surface area contributed by atoms with Crippen molar-refractivity contribution < 1.29 is 44.7 Å². The Hall–Kier alpha value is -3.90. The van der Waals surface area contributed by atoms with Crippen LogP contribution in [0.25, 0.3) is 0 Å².